The van der Waals surface area contributed by atoms with E-state index in [1.807, 2.05) is 6.08 Å². The highest BCUT2D eigenvalue weighted by atomic mass is 32.3. The van der Waals surface area contributed by atoms with Gasteiger partial charge in [0, 0.05) is 4.75 Å². The Morgan fingerprint density at radius 1 is 1.27 bits per heavy atom. The molecular weight excluding hydrogens is 382 g/mol. The molecule has 1 nitrogen and oxygen atoms in total. The molecule has 2 aliphatic carbocycles. The molecule has 0 aromatic carbocycles. The summed E-state index contributed by atoms with van der Waals surface area (Å²) in [7, 11) is -1.18. The van der Waals surface area contributed by atoms with Crippen molar-refractivity contribution in [3.8, 4) is 0 Å². The molecule has 2 heteroatoms. The summed E-state index contributed by atoms with van der Waals surface area (Å²) >= 11 is 0. The molecule has 172 valence electrons. The maximum absolute atomic E-state index is 6.66. The first-order valence-corrected chi connectivity index (χ1v) is 14.4. The van der Waals surface area contributed by atoms with Gasteiger partial charge < -0.3 is 0 Å². The summed E-state index contributed by atoms with van der Waals surface area (Å²) in [5.41, 5.74) is 3.73. The summed E-state index contributed by atoms with van der Waals surface area (Å²) in [5.74, 6) is 1.59. The first-order chi connectivity index (χ1) is 14.0. The smallest absolute Gasteiger partial charge is 0.00633 e. The van der Waals surface area contributed by atoms with Gasteiger partial charge in [-0.15, -0.1) is 6.58 Å². The first kappa shape index (κ1) is 25.5. The van der Waals surface area contributed by atoms with Crippen LogP contribution in [0.3, 0.4) is 0 Å². The average Bonchev–Trinajstić information content (AvgIpc) is 2.99. The Morgan fingerprint density at radius 2 is 2.00 bits per heavy atom. The lowest BCUT2D eigenvalue weighted by Crippen LogP contribution is -2.33. The number of nitrogens with two attached hydrogens (primary N) is 1. The van der Waals surface area contributed by atoms with Gasteiger partial charge in [0.05, 0.1) is 0 Å². The summed E-state index contributed by atoms with van der Waals surface area (Å²) < 4.78 is 0.169. The topological polar surface area (TPSA) is 26.0 Å². The maximum Gasteiger partial charge on any atom is 0.00633 e. The van der Waals surface area contributed by atoms with Crippen molar-refractivity contribution in [2.45, 2.75) is 104 Å². The summed E-state index contributed by atoms with van der Waals surface area (Å²) in [4.78, 5) is 0. The number of hydrogen-bond acceptors (Lipinski definition) is 1. The van der Waals surface area contributed by atoms with Crippen molar-refractivity contribution >= 4 is 10.2 Å². The van der Waals surface area contributed by atoms with Crippen LogP contribution >= 0.6 is 10.2 Å². The van der Waals surface area contributed by atoms with Gasteiger partial charge in [-0.05, 0) is 100 Å². The molecule has 0 heterocycles. The van der Waals surface area contributed by atoms with E-state index < -0.39 is 10.2 Å². The number of rotatable bonds is 9. The Hall–Kier alpha value is -0.730. The van der Waals surface area contributed by atoms with Crippen molar-refractivity contribution in [1.82, 2.24) is 0 Å². The summed E-state index contributed by atoms with van der Waals surface area (Å²) in [6.45, 7) is 15.5. The van der Waals surface area contributed by atoms with E-state index in [4.69, 9.17) is 5.14 Å². The Morgan fingerprint density at radius 3 is 2.67 bits per heavy atom. The zero-order chi connectivity index (χ0) is 22.4. The summed E-state index contributed by atoms with van der Waals surface area (Å²) in [6, 6.07) is 0. The highest BCUT2D eigenvalue weighted by Crippen LogP contribution is 2.59. The zero-order valence-corrected chi connectivity index (χ0v) is 21.6. The number of hydrogen-bond donors (Lipinski definition) is 1. The SMILES string of the molecule is C=CCCCC/C(C)=C/C=C1\CCCC2(C)C(C/C=C/S(C)(N)C(C)(C)C)CCC12. The van der Waals surface area contributed by atoms with Crippen molar-refractivity contribution in [2.75, 3.05) is 6.26 Å². The fourth-order valence-electron chi connectivity index (χ4n) is 5.38. The van der Waals surface area contributed by atoms with Gasteiger partial charge in [0.15, 0.2) is 0 Å². The fraction of sp³-hybridized carbons (Fsp3) is 0.714. The largest absolute Gasteiger partial charge is 0.291 e. The van der Waals surface area contributed by atoms with E-state index in [0.717, 1.165) is 18.3 Å². The van der Waals surface area contributed by atoms with E-state index >= 15 is 0 Å². The number of unbranched alkanes of at least 4 members (excludes halogenated alkanes) is 2. The molecule has 2 N–H and O–H groups in total. The van der Waals surface area contributed by atoms with Gasteiger partial charge >= 0.3 is 0 Å². The highest BCUT2D eigenvalue weighted by Gasteiger charge is 2.48. The second-order valence-electron chi connectivity index (χ2n) is 11.2. The van der Waals surface area contributed by atoms with Crippen LogP contribution in [0.15, 0.2) is 47.4 Å². The van der Waals surface area contributed by atoms with Gasteiger partial charge in [0.2, 0.25) is 0 Å². The van der Waals surface area contributed by atoms with Crippen molar-refractivity contribution in [3.63, 3.8) is 0 Å². The molecule has 0 radical (unpaired) electrons. The second-order valence-corrected chi connectivity index (χ2v) is 14.8. The molecule has 4 atom stereocenters. The van der Waals surface area contributed by atoms with Gasteiger partial charge in [0.25, 0.3) is 0 Å². The van der Waals surface area contributed by atoms with Crippen molar-refractivity contribution in [1.29, 1.82) is 0 Å². The van der Waals surface area contributed by atoms with Crippen LogP contribution in [0.2, 0.25) is 0 Å². The molecule has 0 aliphatic heterocycles. The van der Waals surface area contributed by atoms with Crippen molar-refractivity contribution in [2.24, 2.45) is 22.4 Å². The Bertz CT molecular complexity index is 661. The van der Waals surface area contributed by atoms with E-state index in [2.05, 4.69) is 71.1 Å². The minimum atomic E-state index is -1.18. The van der Waals surface area contributed by atoms with Crippen LogP contribution in [-0.4, -0.2) is 11.0 Å². The molecule has 0 spiro atoms. The molecule has 2 fully saturated rings. The predicted octanol–water partition coefficient (Wildman–Crippen LogP) is 8.83. The van der Waals surface area contributed by atoms with E-state index in [9.17, 15) is 0 Å². The van der Waals surface area contributed by atoms with E-state index in [-0.39, 0.29) is 4.75 Å². The number of fused-ring (bicyclic) bond motifs is 1. The average molecular weight is 432 g/mol. The molecule has 0 aromatic rings. The van der Waals surface area contributed by atoms with E-state index in [1.54, 1.807) is 5.57 Å². The van der Waals surface area contributed by atoms with Crippen molar-refractivity contribution in [3.05, 3.63) is 47.4 Å². The predicted molar refractivity (Wildman–Crippen MR) is 140 cm³/mol. The van der Waals surface area contributed by atoms with Crippen LogP contribution < -0.4 is 5.14 Å². The molecule has 2 saturated carbocycles. The van der Waals surface area contributed by atoms with Gasteiger partial charge in [-0.1, -0.05) is 63.1 Å². The quantitative estimate of drug-likeness (QED) is 0.286. The molecule has 0 aromatic heterocycles. The van der Waals surface area contributed by atoms with Gasteiger partial charge in [0.1, 0.15) is 0 Å². The Kier molecular flexibility index (Phi) is 9.13. The molecule has 30 heavy (non-hydrogen) atoms. The van der Waals surface area contributed by atoms with Crippen LogP contribution in [0.4, 0.5) is 0 Å². The van der Waals surface area contributed by atoms with Crippen LogP contribution in [0.5, 0.6) is 0 Å². The second kappa shape index (κ2) is 10.7. The van der Waals surface area contributed by atoms with Crippen LogP contribution in [0, 0.1) is 17.3 Å². The highest BCUT2D eigenvalue weighted by molar-refractivity contribution is 8.34. The molecule has 0 amide bonds. The van der Waals surface area contributed by atoms with Crippen molar-refractivity contribution < 1.29 is 0 Å². The molecule has 0 bridgehead atoms. The number of allylic oxidation sites excluding steroid dienone is 6. The monoisotopic (exact) mass is 431 g/mol. The zero-order valence-electron chi connectivity index (χ0n) is 20.8. The fourth-order valence-corrected chi connectivity index (χ4v) is 6.30. The first-order valence-electron chi connectivity index (χ1n) is 12.2. The summed E-state index contributed by atoms with van der Waals surface area (Å²) in [5, 5.41) is 9.02. The minimum Gasteiger partial charge on any atom is -0.291 e. The molecule has 0 saturated heterocycles. The normalized spacial score (nSPS) is 32.2. The van der Waals surface area contributed by atoms with Gasteiger partial charge in [-0.3, -0.25) is 5.14 Å². The van der Waals surface area contributed by atoms with E-state index in [1.165, 1.54) is 63.4 Å². The maximum atomic E-state index is 6.66. The van der Waals surface area contributed by atoms with Crippen LogP contribution in [0.25, 0.3) is 0 Å². The summed E-state index contributed by atoms with van der Waals surface area (Å²) in [6.07, 6.45) is 24.6. The lowest BCUT2D eigenvalue weighted by molar-refractivity contribution is 0.137. The standard InChI is InChI=1S/C28H49NS/c1-8-9-10-11-14-23(2)17-18-24-15-12-21-28(6)25(19-20-26(24)28)16-13-22-30(7,29)27(3,4)5/h8,13,17-18,22,25-26H,1,9-12,14-16,19-21,29H2,2-7H3/b22-13+,23-17+,24-18+. The Balaban J connectivity index is 2.02. The third-order valence-electron chi connectivity index (χ3n) is 8.09. The van der Waals surface area contributed by atoms with E-state index in [0.29, 0.717) is 5.41 Å². The molecular formula is C28H49NS. The molecule has 2 aliphatic rings. The lowest BCUT2D eigenvalue weighted by Gasteiger charge is -2.43. The molecule has 2 rings (SSSR count). The third kappa shape index (κ3) is 6.39. The Labute approximate surface area is 189 Å². The molecule has 4 unspecified atom stereocenters. The lowest BCUT2D eigenvalue weighted by atomic mass is 9.63. The van der Waals surface area contributed by atoms with Gasteiger partial charge in [-0.2, -0.15) is 10.2 Å². The van der Waals surface area contributed by atoms with Crippen LogP contribution in [-0.2, 0) is 0 Å². The van der Waals surface area contributed by atoms with Crippen LogP contribution in [0.1, 0.15) is 98.8 Å². The minimum absolute atomic E-state index is 0.169. The van der Waals surface area contributed by atoms with Gasteiger partial charge in [-0.25, -0.2) is 0 Å². The third-order valence-corrected chi connectivity index (χ3v) is 11.5.